The summed E-state index contributed by atoms with van der Waals surface area (Å²) in [5.74, 6) is -1.83. The second-order valence-corrected chi connectivity index (χ2v) is 10.7. The lowest BCUT2D eigenvalue weighted by atomic mass is 9.42. The number of likely N-dealkylation sites (N-methyl/N-ethyl adjacent to an activating group) is 1. The fourth-order valence-corrected chi connectivity index (χ4v) is 7.04. The maximum absolute atomic E-state index is 13.5. The van der Waals surface area contributed by atoms with Crippen molar-refractivity contribution in [1.29, 1.82) is 0 Å². The zero-order chi connectivity index (χ0) is 23.8. The van der Waals surface area contributed by atoms with Crippen LogP contribution >= 0.6 is 0 Å². The van der Waals surface area contributed by atoms with Crippen molar-refractivity contribution in [3.63, 3.8) is 0 Å². The monoisotopic (exact) mass is 449 g/mol. The van der Waals surface area contributed by atoms with Gasteiger partial charge in [-0.1, -0.05) is 25.8 Å². The fourth-order valence-electron chi connectivity index (χ4n) is 7.04. The van der Waals surface area contributed by atoms with E-state index in [-0.39, 0.29) is 40.9 Å². The van der Waals surface area contributed by atoms with Crippen LogP contribution in [-0.4, -0.2) is 68.2 Å². The van der Waals surface area contributed by atoms with Crippen molar-refractivity contribution in [3.8, 4) is 0 Å². The number of rotatable bonds is 5. The highest BCUT2D eigenvalue weighted by atomic mass is 16.5. The third kappa shape index (κ3) is 4.14. The Balaban J connectivity index is 1.87. The molecule has 0 aromatic carbocycles. The van der Waals surface area contributed by atoms with Crippen molar-refractivity contribution in [2.45, 2.75) is 59.0 Å². The summed E-state index contributed by atoms with van der Waals surface area (Å²) in [5, 5.41) is 11.2. The van der Waals surface area contributed by atoms with E-state index in [1.165, 1.54) is 7.11 Å². The number of fused-ring (bicyclic) bond motifs is 3. The first kappa shape index (κ1) is 24.9. The lowest BCUT2D eigenvalue weighted by molar-refractivity contribution is -0.198. The smallest absolute Gasteiger partial charge is 0.330 e. The predicted molar refractivity (Wildman–Crippen MR) is 120 cm³/mol. The number of carbonyl (C=O) groups is 3. The zero-order valence-electron chi connectivity index (χ0n) is 20.3. The second-order valence-electron chi connectivity index (χ2n) is 10.7. The van der Waals surface area contributed by atoms with Gasteiger partial charge in [-0.3, -0.25) is 9.59 Å². The number of Topliss-reactive ketones (excluding diaryl/α,β-unsaturated/α-hetero) is 1. The van der Waals surface area contributed by atoms with Gasteiger partial charge in [-0.15, -0.1) is 0 Å². The highest BCUT2D eigenvalue weighted by molar-refractivity contribution is 5.90. The highest BCUT2D eigenvalue weighted by Gasteiger charge is 2.66. The summed E-state index contributed by atoms with van der Waals surface area (Å²) in [5.41, 5.74) is -0.307. The number of ether oxygens (including phenoxy) is 2. The minimum absolute atomic E-state index is 0.0598. The minimum Gasteiger partial charge on any atom is -0.469 e. The molecule has 0 saturated heterocycles. The van der Waals surface area contributed by atoms with Gasteiger partial charge in [0, 0.05) is 24.5 Å². The van der Waals surface area contributed by atoms with Crippen LogP contribution in [0.2, 0.25) is 0 Å². The average molecular weight is 450 g/mol. The molecule has 32 heavy (non-hydrogen) atoms. The summed E-state index contributed by atoms with van der Waals surface area (Å²) in [7, 11) is 5.20. The summed E-state index contributed by atoms with van der Waals surface area (Å²) in [6, 6.07) is 0. The molecular formula is C25H39NO6. The first-order valence-corrected chi connectivity index (χ1v) is 11.8. The van der Waals surface area contributed by atoms with Crippen LogP contribution in [0, 0.1) is 34.5 Å². The van der Waals surface area contributed by atoms with E-state index >= 15 is 0 Å². The van der Waals surface area contributed by atoms with Crippen molar-refractivity contribution in [1.82, 2.24) is 4.90 Å². The number of allylic oxidation sites excluding steroid dienone is 1. The van der Waals surface area contributed by atoms with E-state index in [0.29, 0.717) is 26.0 Å². The van der Waals surface area contributed by atoms with E-state index in [9.17, 15) is 19.5 Å². The largest absolute Gasteiger partial charge is 0.469 e. The second kappa shape index (κ2) is 9.26. The molecule has 3 rings (SSSR count). The SMILES string of the molecule is COC(=O)[C@@]1(C)CCC[C@@]2(C)[C@H]1[C@@H](O)C(=O)[C@@H]1[C@@H](C)C(=CC(=O)OCCN(C)C)CC[C@@H]12. The van der Waals surface area contributed by atoms with Crippen LogP contribution in [0.25, 0.3) is 0 Å². The Kier molecular flexibility index (Phi) is 7.20. The first-order chi connectivity index (χ1) is 15.0. The van der Waals surface area contributed by atoms with E-state index in [1.54, 1.807) is 6.08 Å². The molecule has 0 bridgehead atoms. The number of aliphatic hydroxyl groups is 1. The Labute approximate surface area is 191 Å². The Morgan fingerprint density at radius 3 is 2.56 bits per heavy atom. The van der Waals surface area contributed by atoms with E-state index < -0.39 is 17.4 Å². The standard InChI is InChI=1S/C25H39NO6/c1-15-16(14-18(27)32-13-12-26(4)5)8-9-17-19(15)20(28)21(29)22-24(17,2)10-7-11-25(22,3)23(30)31-6/h14-15,17,19,21-22,29H,7-13H2,1-6H3/t15-,17-,19+,21-,22+,24+,25-/m0/s1. The van der Waals surface area contributed by atoms with E-state index in [1.807, 2.05) is 32.8 Å². The quantitative estimate of drug-likeness (QED) is 0.509. The van der Waals surface area contributed by atoms with Crippen molar-refractivity contribution in [2.75, 3.05) is 34.4 Å². The van der Waals surface area contributed by atoms with Crippen molar-refractivity contribution in [3.05, 3.63) is 11.6 Å². The van der Waals surface area contributed by atoms with E-state index in [2.05, 4.69) is 6.92 Å². The third-order valence-electron chi connectivity index (χ3n) is 8.63. The summed E-state index contributed by atoms with van der Waals surface area (Å²) in [6.07, 6.45) is 4.15. The molecule has 0 aromatic heterocycles. The van der Waals surface area contributed by atoms with E-state index in [4.69, 9.17) is 9.47 Å². The van der Waals surface area contributed by atoms with Gasteiger partial charge in [-0.05, 0) is 64.0 Å². The van der Waals surface area contributed by atoms with Crippen molar-refractivity contribution >= 4 is 17.7 Å². The summed E-state index contributed by atoms with van der Waals surface area (Å²) in [6.45, 7) is 6.94. The maximum atomic E-state index is 13.5. The minimum atomic E-state index is -1.21. The molecule has 7 heteroatoms. The Morgan fingerprint density at radius 2 is 1.94 bits per heavy atom. The van der Waals surface area contributed by atoms with Gasteiger partial charge in [0.05, 0.1) is 12.5 Å². The lowest BCUT2D eigenvalue weighted by Crippen LogP contribution is -2.65. The topological polar surface area (TPSA) is 93.1 Å². The Bertz CT molecular complexity index is 791. The van der Waals surface area contributed by atoms with Crippen LogP contribution in [0.5, 0.6) is 0 Å². The van der Waals surface area contributed by atoms with Gasteiger partial charge in [0.15, 0.2) is 5.78 Å². The van der Waals surface area contributed by atoms with Gasteiger partial charge >= 0.3 is 11.9 Å². The number of hydrogen-bond acceptors (Lipinski definition) is 7. The predicted octanol–water partition coefficient (Wildman–Crippen LogP) is 2.61. The molecule has 3 saturated carbocycles. The fraction of sp³-hybridized carbons (Fsp3) is 0.800. The van der Waals surface area contributed by atoms with Crippen LogP contribution in [0.15, 0.2) is 11.6 Å². The van der Waals surface area contributed by atoms with Crippen LogP contribution in [0.1, 0.15) is 52.9 Å². The molecule has 0 amide bonds. The summed E-state index contributed by atoms with van der Waals surface area (Å²) < 4.78 is 10.4. The number of esters is 2. The molecule has 7 nitrogen and oxygen atoms in total. The van der Waals surface area contributed by atoms with Crippen molar-refractivity contribution < 1.29 is 29.0 Å². The molecule has 0 radical (unpaired) electrons. The van der Waals surface area contributed by atoms with E-state index in [0.717, 1.165) is 24.8 Å². The van der Waals surface area contributed by atoms with Gasteiger partial charge in [0.1, 0.15) is 12.7 Å². The first-order valence-electron chi connectivity index (χ1n) is 11.8. The molecule has 0 heterocycles. The molecule has 7 atom stereocenters. The molecule has 3 fully saturated rings. The van der Waals surface area contributed by atoms with Crippen LogP contribution in [0.3, 0.4) is 0 Å². The average Bonchev–Trinajstić information content (AvgIpc) is 2.72. The number of carbonyl (C=O) groups excluding carboxylic acids is 3. The number of methoxy groups -OCH3 is 1. The number of nitrogens with zero attached hydrogens (tertiary/aromatic N) is 1. The van der Waals surface area contributed by atoms with Gasteiger partial charge < -0.3 is 19.5 Å². The third-order valence-corrected chi connectivity index (χ3v) is 8.63. The maximum Gasteiger partial charge on any atom is 0.330 e. The van der Waals surface area contributed by atoms with Crippen LogP contribution in [0.4, 0.5) is 0 Å². The van der Waals surface area contributed by atoms with Crippen LogP contribution < -0.4 is 0 Å². The number of ketones is 1. The summed E-state index contributed by atoms with van der Waals surface area (Å²) in [4.78, 5) is 40.5. The number of hydrogen-bond donors (Lipinski definition) is 1. The Hall–Kier alpha value is -1.73. The number of aliphatic hydroxyl groups excluding tert-OH is 1. The van der Waals surface area contributed by atoms with Crippen LogP contribution in [-0.2, 0) is 23.9 Å². The normalized spacial score (nSPS) is 40.6. The molecule has 0 unspecified atom stereocenters. The molecular weight excluding hydrogens is 410 g/mol. The van der Waals surface area contributed by atoms with Gasteiger partial charge in [0.2, 0.25) is 0 Å². The summed E-state index contributed by atoms with van der Waals surface area (Å²) >= 11 is 0. The molecule has 3 aliphatic carbocycles. The molecule has 3 aliphatic rings. The Morgan fingerprint density at radius 1 is 1.25 bits per heavy atom. The van der Waals surface area contributed by atoms with Gasteiger partial charge in [-0.25, -0.2) is 4.79 Å². The molecule has 0 aliphatic heterocycles. The highest BCUT2D eigenvalue weighted by Crippen LogP contribution is 2.64. The molecule has 0 spiro atoms. The molecule has 180 valence electrons. The van der Waals surface area contributed by atoms with Gasteiger partial charge in [0.25, 0.3) is 0 Å². The zero-order valence-corrected chi connectivity index (χ0v) is 20.3. The lowest BCUT2D eigenvalue weighted by Gasteiger charge is -2.61. The molecule has 1 N–H and O–H groups in total. The molecule has 0 aromatic rings. The van der Waals surface area contributed by atoms with Crippen molar-refractivity contribution in [2.24, 2.45) is 34.5 Å². The van der Waals surface area contributed by atoms with Gasteiger partial charge in [-0.2, -0.15) is 0 Å².